The van der Waals surface area contributed by atoms with Crippen molar-refractivity contribution in [2.75, 3.05) is 13.1 Å². The van der Waals surface area contributed by atoms with Crippen LogP contribution in [0.15, 0.2) is 53.8 Å². The Labute approximate surface area is 140 Å². The number of nitrogens with one attached hydrogen (secondary N) is 1. The summed E-state index contributed by atoms with van der Waals surface area (Å²) in [6.07, 6.45) is 6.29. The molecule has 1 saturated heterocycles. The first kappa shape index (κ1) is 15.3. The summed E-state index contributed by atoms with van der Waals surface area (Å²) in [6.45, 7) is 1.09. The molecule has 0 unspecified atom stereocenters. The molecule has 1 aliphatic rings. The van der Waals surface area contributed by atoms with Crippen LogP contribution in [0.4, 0.5) is 0 Å². The Morgan fingerprint density at radius 3 is 2.96 bits per heavy atom. The number of pyridine rings is 1. The van der Waals surface area contributed by atoms with Crippen molar-refractivity contribution in [2.45, 2.75) is 17.7 Å². The van der Waals surface area contributed by atoms with E-state index in [2.05, 4.69) is 33.4 Å². The Kier molecular flexibility index (Phi) is 3.82. The van der Waals surface area contributed by atoms with Crippen LogP contribution in [-0.4, -0.2) is 41.0 Å². The molecule has 7 heteroatoms. The van der Waals surface area contributed by atoms with Crippen LogP contribution in [0.2, 0.25) is 0 Å². The first-order valence-electron chi connectivity index (χ1n) is 7.96. The molecular formula is C17H18N4O2S. The molecule has 1 fully saturated rings. The highest BCUT2D eigenvalue weighted by atomic mass is 32.2. The van der Waals surface area contributed by atoms with Crippen LogP contribution < -0.4 is 0 Å². The summed E-state index contributed by atoms with van der Waals surface area (Å²) in [5, 5.41) is 7.43. The highest BCUT2D eigenvalue weighted by Crippen LogP contribution is 2.28. The molecule has 124 valence electrons. The summed E-state index contributed by atoms with van der Waals surface area (Å²) in [6, 6.07) is 10.2. The van der Waals surface area contributed by atoms with E-state index in [1.807, 2.05) is 12.1 Å². The van der Waals surface area contributed by atoms with E-state index >= 15 is 0 Å². The minimum atomic E-state index is -3.44. The van der Waals surface area contributed by atoms with Crippen molar-refractivity contribution in [3.05, 3.63) is 54.5 Å². The lowest BCUT2D eigenvalue weighted by Gasteiger charge is -2.15. The molecule has 24 heavy (non-hydrogen) atoms. The van der Waals surface area contributed by atoms with Gasteiger partial charge in [-0.15, -0.1) is 0 Å². The SMILES string of the molecule is O=S(=O)(c1cn[nH]c1)N1CC[C@@H](Cc2cccc3cccnc23)C1. The number of fused-ring (bicyclic) bond motifs is 1. The number of aromatic nitrogens is 3. The number of aromatic amines is 1. The highest BCUT2D eigenvalue weighted by Gasteiger charge is 2.33. The molecule has 0 amide bonds. The van der Waals surface area contributed by atoms with Gasteiger partial charge in [0.1, 0.15) is 4.90 Å². The average Bonchev–Trinajstić information content (AvgIpc) is 3.28. The van der Waals surface area contributed by atoms with Crippen molar-refractivity contribution in [3.8, 4) is 0 Å². The van der Waals surface area contributed by atoms with Gasteiger partial charge in [-0.3, -0.25) is 10.1 Å². The van der Waals surface area contributed by atoms with E-state index < -0.39 is 10.0 Å². The van der Waals surface area contributed by atoms with Gasteiger partial charge >= 0.3 is 0 Å². The molecule has 3 aromatic rings. The second-order valence-corrected chi connectivity index (χ2v) is 8.09. The Hall–Kier alpha value is -2.25. The summed E-state index contributed by atoms with van der Waals surface area (Å²) in [5.74, 6) is 0.305. The lowest BCUT2D eigenvalue weighted by molar-refractivity contribution is 0.456. The van der Waals surface area contributed by atoms with Gasteiger partial charge in [-0.05, 0) is 30.4 Å². The molecule has 1 N–H and O–H groups in total. The summed E-state index contributed by atoms with van der Waals surface area (Å²) < 4.78 is 26.7. The highest BCUT2D eigenvalue weighted by molar-refractivity contribution is 7.89. The van der Waals surface area contributed by atoms with E-state index in [1.54, 1.807) is 10.5 Å². The molecule has 0 spiro atoms. The minimum absolute atomic E-state index is 0.231. The predicted octanol–water partition coefficient (Wildman–Crippen LogP) is 2.21. The van der Waals surface area contributed by atoms with Crippen LogP contribution in [-0.2, 0) is 16.4 Å². The van der Waals surface area contributed by atoms with Crippen molar-refractivity contribution < 1.29 is 8.42 Å². The van der Waals surface area contributed by atoms with E-state index in [1.165, 1.54) is 18.0 Å². The molecule has 6 nitrogen and oxygen atoms in total. The van der Waals surface area contributed by atoms with Crippen LogP contribution in [0, 0.1) is 5.92 Å². The Morgan fingerprint density at radius 2 is 2.12 bits per heavy atom. The maximum absolute atomic E-state index is 12.6. The fraction of sp³-hybridized carbons (Fsp3) is 0.294. The van der Waals surface area contributed by atoms with Gasteiger partial charge in [-0.1, -0.05) is 24.3 Å². The number of H-pyrrole nitrogens is 1. The molecule has 0 bridgehead atoms. The number of sulfonamides is 1. The quantitative estimate of drug-likeness (QED) is 0.788. The Morgan fingerprint density at radius 1 is 1.25 bits per heavy atom. The van der Waals surface area contributed by atoms with Crippen LogP contribution >= 0.6 is 0 Å². The zero-order chi connectivity index (χ0) is 16.6. The zero-order valence-corrected chi connectivity index (χ0v) is 13.9. The maximum Gasteiger partial charge on any atom is 0.246 e. The summed E-state index contributed by atoms with van der Waals surface area (Å²) in [4.78, 5) is 4.72. The lowest BCUT2D eigenvalue weighted by Crippen LogP contribution is -2.28. The number of nitrogens with zero attached hydrogens (tertiary/aromatic N) is 3. The van der Waals surface area contributed by atoms with E-state index in [0.29, 0.717) is 19.0 Å². The largest absolute Gasteiger partial charge is 0.284 e. The van der Waals surface area contributed by atoms with E-state index in [0.717, 1.165) is 23.7 Å². The van der Waals surface area contributed by atoms with Gasteiger partial charge in [0.05, 0.1) is 11.7 Å². The first-order chi connectivity index (χ1) is 11.6. The predicted molar refractivity (Wildman–Crippen MR) is 90.9 cm³/mol. The third-order valence-electron chi connectivity index (χ3n) is 4.58. The summed E-state index contributed by atoms with van der Waals surface area (Å²) >= 11 is 0. The van der Waals surface area contributed by atoms with Gasteiger partial charge in [-0.2, -0.15) is 9.40 Å². The van der Waals surface area contributed by atoms with Crippen LogP contribution in [0.5, 0.6) is 0 Å². The molecule has 1 aromatic carbocycles. The van der Waals surface area contributed by atoms with Crippen molar-refractivity contribution >= 4 is 20.9 Å². The topological polar surface area (TPSA) is 79.0 Å². The maximum atomic E-state index is 12.6. The minimum Gasteiger partial charge on any atom is -0.284 e. The average molecular weight is 342 g/mol. The van der Waals surface area contributed by atoms with E-state index in [-0.39, 0.29) is 4.90 Å². The molecule has 0 aliphatic carbocycles. The van der Waals surface area contributed by atoms with Crippen LogP contribution in [0.25, 0.3) is 10.9 Å². The zero-order valence-electron chi connectivity index (χ0n) is 13.1. The molecule has 3 heterocycles. The van der Waals surface area contributed by atoms with Gasteiger partial charge in [0, 0.05) is 30.9 Å². The normalized spacial score (nSPS) is 19.1. The third-order valence-corrected chi connectivity index (χ3v) is 6.41. The Balaban J connectivity index is 1.53. The molecular weight excluding hydrogens is 324 g/mol. The standard InChI is InChI=1S/C17H18N4O2S/c22-24(23,16-10-19-20-11-16)21-8-6-13(12-21)9-15-4-1-3-14-5-2-7-18-17(14)15/h1-5,7,10-11,13H,6,8-9,12H2,(H,19,20)/t13-/m0/s1. The summed E-state index contributed by atoms with van der Waals surface area (Å²) in [5.41, 5.74) is 2.19. The van der Waals surface area contributed by atoms with Gasteiger partial charge in [0.2, 0.25) is 10.0 Å². The van der Waals surface area contributed by atoms with Crippen molar-refractivity contribution in [3.63, 3.8) is 0 Å². The van der Waals surface area contributed by atoms with Crippen molar-refractivity contribution in [1.82, 2.24) is 19.5 Å². The number of para-hydroxylation sites is 1. The smallest absolute Gasteiger partial charge is 0.246 e. The van der Waals surface area contributed by atoms with Crippen molar-refractivity contribution in [2.24, 2.45) is 5.92 Å². The molecule has 1 aliphatic heterocycles. The monoisotopic (exact) mass is 342 g/mol. The fourth-order valence-corrected chi connectivity index (χ4v) is 4.79. The third kappa shape index (κ3) is 2.70. The van der Waals surface area contributed by atoms with E-state index in [9.17, 15) is 8.42 Å². The Bertz CT molecular complexity index is 948. The number of hydrogen-bond donors (Lipinski definition) is 1. The van der Waals surface area contributed by atoms with Crippen LogP contribution in [0.1, 0.15) is 12.0 Å². The lowest BCUT2D eigenvalue weighted by atomic mass is 9.97. The number of rotatable bonds is 4. The molecule has 0 radical (unpaired) electrons. The van der Waals surface area contributed by atoms with E-state index in [4.69, 9.17) is 0 Å². The molecule has 0 saturated carbocycles. The van der Waals surface area contributed by atoms with Gasteiger partial charge in [0.15, 0.2) is 0 Å². The molecule has 4 rings (SSSR count). The van der Waals surface area contributed by atoms with Crippen LogP contribution in [0.3, 0.4) is 0 Å². The van der Waals surface area contributed by atoms with Gasteiger partial charge < -0.3 is 0 Å². The first-order valence-corrected chi connectivity index (χ1v) is 9.40. The molecule has 1 atom stereocenters. The number of benzene rings is 1. The fourth-order valence-electron chi connectivity index (χ4n) is 3.35. The van der Waals surface area contributed by atoms with Gasteiger partial charge in [-0.25, -0.2) is 8.42 Å². The molecule has 2 aromatic heterocycles. The summed E-state index contributed by atoms with van der Waals surface area (Å²) in [7, 11) is -3.44. The second kappa shape index (κ2) is 5.99. The van der Waals surface area contributed by atoms with Crippen molar-refractivity contribution in [1.29, 1.82) is 0 Å². The second-order valence-electron chi connectivity index (χ2n) is 6.15. The number of hydrogen-bond acceptors (Lipinski definition) is 4. The van der Waals surface area contributed by atoms with Gasteiger partial charge in [0.25, 0.3) is 0 Å².